The van der Waals surface area contributed by atoms with Crippen molar-refractivity contribution in [2.24, 2.45) is 0 Å². The first-order valence-corrected chi connectivity index (χ1v) is 9.10. The Labute approximate surface area is 146 Å². The maximum atomic E-state index is 12.4. The van der Waals surface area contributed by atoms with E-state index in [1.54, 1.807) is 16.2 Å². The summed E-state index contributed by atoms with van der Waals surface area (Å²) in [7, 11) is 0. The highest BCUT2D eigenvalue weighted by Crippen LogP contribution is 2.24. The molecule has 1 N–H and O–H groups in total. The number of thiophene rings is 1. The highest BCUT2D eigenvalue weighted by Gasteiger charge is 2.23. The minimum atomic E-state index is -0.926. The largest absolute Gasteiger partial charge is 0.481 e. The van der Waals surface area contributed by atoms with E-state index >= 15 is 0 Å². The molecule has 0 saturated heterocycles. The third-order valence-electron chi connectivity index (χ3n) is 4.22. The second-order valence-corrected chi connectivity index (χ2v) is 7.26. The van der Waals surface area contributed by atoms with Crippen molar-refractivity contribution < 1.29 is 19.5 Å². The van der Waals surface area contributed by atoms with Crippen LogP contribution >= 0.6 is 11.3 Å². The van der Waals surface area contributed by atoms with Crippen LogP contribution in [-0.4, -0.2) is 51.8 Å². The second kappa shape index (κ2) is 8.28. The highest BCUT2D eigenvalue weighted by atomic mass is 32.1. The summed E-state index contributed by atoms with van der Waals surface area (Å²) in [5.74, 6) is -1.10. The summed E-state index contributed by atoms with van der Waals surface area (Å²) in [6, 6.07) is 1.98. The molecule has 2 heterocycles. The van der Waals surface area contributed by atoms with Gasteiger partial charge in [0.2, 0.25) is 11.8 Å². The predicted molar refractivity (Wildman–Crippen MR) is 91.8 cm³/mol. The molecule has 1 aliphatic heterocycles. The van der Waals surface area contributed by atoms with E-state index in [-0.39, 0.29) is 43.7 Å². The maximum Gasteiger partial charge on any atom is 0.305 e. The van der Waals surface area contributed by atoms with Crippen molar-refractivity contribution in [2.75, 3.05) is 13.1 Å². The van der Waals surface area contributed by atoms with Gasteiger partial charge in [-0.1, -0.05) is 0 Å². The van der Waals surface area contributed by atoms with E-state index in [1.807, 2.05) is 19.2 Å². The number of carboxylic acids is 1. The smallest absolute Gasteiger partial charge is 0.305 e. The third kappa shape index (κ3) is 4.80. The first kappa shape index (κ1) is 18.4. The van der Waals surface area contributed by atoms with Gasteiger partial charge in [-0.15, -0.1) is 11.3 Å². The van der Waals surface area contributed by atoms with Crippen molar-refractivity contribution in [3.8, 4) is 0 Å². The number of amides is 2. The summed E-state index contributed by atoms with van der Waals surface area (Å²) in [5.41, 5.74) is 1.20. The zero-order valence-corrected chi connectivity index (χ0v) is 15.0. The summed E-state index contributed by atoms with van der Waals surface area (Å²) in [5, 5.41) is 10.8. The van der Waals surface area contributed by atoms with Crippen LogP contribution in [0.2, 0.25) is 0 Å². The van der Waals surface area contributed by atoms with E-state index in [9.17, 15) is 14.4 Å². The molecule has 1 aromatic rings. The molecule has 1 aliphatic rings. The molecule has 0 fully saturated rings. The molecule has 0 aromatic carbocycles. The van der Waals surface area contributed by atoms with Gasteiger partial charge in [0.05, 0.1) is 6.42 Å². The average Bonchev–Trinajstić information content (AvgIpc) is 2.99. The Morgan fingerprint density at radius 2 is 2.04 bits per heavy atom. The van der Waals surface area contributed by atoms with Gasteiger partial charge in [0.25, 0.3) is 0 Å². The normalized spacial score (nSPS) is 13.7. The zero-order chi connectivity index (χ0) is 17.7. The number of fused-ring (bicyclic) bond motifs is 1. The molecule has 0 spiro atoms. The van der Waals surface area contributed by atoms with Crippen LogP contribution in [0.3, 0.4) is 0 Å². The van der Waals surface area contributed by atoms with Crippen LogP contribution in [0.25, 0.3) is 0 Å². The molecule has 2 rings (SSSR count). The standard InChI is InChI=1S/C17H24N2O4S/c1-12(2)19(9-6-17(22)23)16(21)4-3-15(20)18-8-5-14-13(11-18)7-10-24-14/h7,10,12H,3-6,8-9,11H2,1-2H3,(H,22,23). The molecule has 0 saturated carbocycles. The van der Waals surface area contributed by atoms with Crippen LogP contribution in [0.1, 0.15) is 43.6 Å². The molecular weight excluding hydrogens is 328 g/mol. The van der Waals surface area contributed by atoms with Crippen molar-refractivity contribution in [1.29, 1.82) is 0 Å². The summed E-state index contributed by atoms with van der Waals surface area (Å²) in [4.78, 5) is 40.0. The van der Waals surface area contributed by atoms with Gasteiger partial charge in [0, 0.05) is 43.4 Å². The zero-order valence-electron chi connectivity index (χ0n) is 14.2. The van der Waals surface area contributed by atoms with Crippen LogP contribution in [-0.2, 0) is 27.3 Å². The lowest BCUT2D eigenvalue weighted by Gasteiger charge is -2.28. The molecule has 0 atom stereocenters. The lowest BCUT2D eigenvalue weighted by molar-refractivity contribution is -0.141. The number of nitrogens with zero attached hydrogens (tertiary/aromatic N) is 2. The molecule has 0 unspecified atom stereocenters. The number of aliphatic carboxylic acids is 1. The molecule has 1 aromatic heterocycles. The number of rotatable bonds is 7. The Morgan fingerprint density at radius 1 is 1.29 bits per heavy atom. The van der Waals surface area contributed by atoms with Gasteiger partial charge in [0.1, 0.15) is 0 Å². The van der Waals surface area contributed by atoms with E-state index in [0.29, 0.717) is 13.1 Å². The van der Waals surface area contributed by atoms with Crippen LogP contribution in [0.15, 0.2) is 11.4 Å². The molecule has 0 bridgehead atoms. The lowest BCUT2D eigenvalue weighted by atomic mass is 10.1. The Hall–Kier alpha value is -1.89. The van der Waals surface area contributed by atoms with E-state index in [0.717, 1.165) is 6.42 Å². The van der Waals surface area contributed by atoms with Gasteiger partial charge in [0.15, 0.2) is 0 Å². The molecule has 132 valence electrons. The Morgan fingerprint density at radius 3 is 2.71 bits per heavy atom. The van der Waals surface area contributed by atoms with Crippen LogP contribution in [0.4, 0.5) is 0 Å². The van der Waals surface area contributed by atoms with Crippen molar-refractivity contribution in [3.05, 3.63) is 21.9 Å². The van der Waals surface area contributed by atoms with Gasteiger partial charge in [-0.2, -0.15) is 0 Å². The Balaban J connectivity index is 1.84. The van der Waals surface area contributed by atoms with Crippen molar-refractivity contribution in [3.63, 3.8) is 0 Å². The van der Waals surface area contributed by atoms with Crippen molar-refractivity contribution >= 4 is 29.1 Å². The van der Waals surface area contributed by atoms with Crippen LogP contribution in [0, 0.1) is 0 Å². The number of carboxylic acid groups (broad SMARTS) is 1. The van der Waals surface area contributed by atoms with E-state index in [4.69, 9.17) is 5.11 Å². The molecule has 0 radical (unpaired) electrons. The summed E-state index contributed by atoms with van der Waals surface area (Å²) in [6.07, 6.45) is 1.10. The maximum absolute atomic E-state index is 12.4. The predicted octanol–water partition coefficient (Wildman–Crippen LogP) is 2.12. The third-order valence-corrected chi connectivity index (χ3v) is 5.25. The monoisotopic (exact) mass is 352 g/mol. The van der Waals surface area contributed by atoms with Gasteiger partial charge in [-0.3, -0.25) is 14.4 Å². The number of carbonyl (C=O) groups excluding carboxylic acids is 2. The van der Waals surface area contributed by atoms with Crippen LogP contribution in [0.5, 0.6) is 0 Å². The molecule has 2 amide bonds. The average molecular weight is 352 g/mol. The van der Waals surface area contributed by atoms with Gasteiger partial charge in [-0.25, -0.2) is 0 Å². The van der Waals surface area contributed by atoms with Gasteiger partial charge in [-0.05, 0) is 37.3 Å². The molecule has 7 heteroatoms. The summed E-state index contributed by atoms with van der Waals surface area (Å²) >= 11 is 1.73. The lowest BCUT2D eigenvalue weighted by Crippen LogP contribution is -2.40. The Kier molecular flexibility index (Phi) is 6.36. The molecular formula is C17H24N2O4S. The number of hydrogen-bond acceptors (Lipinski definition) is 4. The van der Waals surface area contributed by atoms with E-state index < -0.39 is 5.97 Å². The minimum Gasteiger partial charge on any atom is -0.481 e. The first-order valence-electron chi connectivity index (χ1n) is 8.22. The molecule has 0 aliphatic carbocycles. The fourth-order valence-corrected chi connectivity index (χ4v) is 3.75. The molecule has 24 heavy (non-hydrogen) atoms. The second-order valence-electron chi connectivity index (χ2n) is 6.26. The van der Waals surface area contributed by atoms with Gasteiger partial charge < -0.3 is 14.9 Å². The van der Waals surface area contributed by atoms with Crippen LogP contribution < -0.4 is 0 Å². The fourth-order valence-electron chi connectivity index (χ4n) is 2.86. The minimum absolute atomic E-state index is 0.0119. The summed E-state index contributed by atoms with van der Waals surface area (Å²) in [6.45, 7) is 5.21. The van der Waals surface area contributed by atoms with E-state index in [1.165, 1.54) is 15.3 Å². The van der Waals surface area contributed by atoms with Gasteiger partial charge >= 0.3 is 5.97 Å². The highest BCUT2D eigenvalue weighted by molar-refractivity contribution is 7.10. The first-order chi connectivity index (χ1) is 11.4. The summed E-state index contributed by atoms with van der Waals surface area (Å²) < 4.78 is 0. The van der Waals surface area contributed by atoms with Crippen molar-refractivity contribution in [2.45, 2.75) is 52.1 Å². The number of hydrogen-bond donors (Lipinski definition) is 1. The molecule has 6 nitrogen and oxygen atoms in total. The SMILES string of the molecule is CC(C)N(CCC(=O)O)C(=O)CCC(=O)N1CCc2sccc2C1. The topological polar surface area (TPSA) is 77.9 Å². The number of carbonyl (C=O) groups is 3. The fraction of sp³-hybridized carbons (Fsp3) is 0.588. The van der Waals surface area contributed by atoms with Crippen molar-refractivity contribution in [1.82, 2.24) is 9.80 Å². The quantitative estimate of drug-likeness (QED) is 0.815. The van der Waals surface area contributed by atoms with E-state index in [2.05, 4.69) is 6.07 Å². The Bertz CT molecular complexity index is 611.